The van der Waals surface area contributed by atoms with Gasteiger partial charge in [0.2, 0.25) is 5.91 Å². The molecule has 12 heteroatoms. The fourth-order valence-electron chi connectivity index (χ4n) is 2.30. The Balaban J connectivity index is 1.92. The third-order valence-electron chi connectivity index (χ3n) is 3.71. The van der Waals surface area contributed by atoms with Crippen molar-refractivity contribution in [2.24, 2.45) is 0 Å². The van der Waals surface area contributed by atoms with Gasteiger partial charge in [-0.15, -0.1) is 11.3 Å². The van der Waals surface area contributed by atoms with E-state index >= 15 is 0 Å². The van der Waals surface area contributed by atoms with Crippen molar-refractivity contribution in [3.63, 3.8) is 0 Å². The fourth-order valence-corrected chi connectivity index (χ4v) is 4.09. The number of carbonyl (C=O) groups is 2. The second kappa shape index (κ2) is 10.9. The molecule has 4 N–H and O–H groups in total. The van der Waals surface area contributed by atoms with Crippen molar-refractivity contribution >= 4 is 44.1 Å². The van der Waals surface area contributed by atoms with Crippen LogP contribution in [0.25, 0.3) is 0 Å². The summed E-state index contributed by atoms with van der Waals surface area (Å²) < 4.78 is 31.8. The first-order valence-corrected chi connectivity index (χ1v) is 11.0. The molecular formula is C17H22N4O6S2. The number of benzene rings is 1. The number of aromatic nitrogens is 1. The predicted octanol–water partition coefficient (Wildman–Crippen LogP) is 1.35. The van der Waals surface area contributed by atoms with Gasteiger partial charge in [0.05, 0.1) is 11.3 Å². The van der Waals surface area contributed by atoms with Crippen molar-refractivity contribution < 1.29 is 27.9 Å². The second-order valence-electron chi connectivity index (χ2n) is 5.91. The maximum Gasteiger partial charge on any atom is 0.321 e. The Hall–Kier alpha value is -2.54. The van der Waals surface area contributed by atoms with Crippen LogP contribution in [0.5, 0.6) is 0 Å². The van der Waals surface area contributed by atoms with Crippen molar-refractivity contribution in [3.05, 3.63) is 35.8 Å². The first-order chi connectivity index (χ1) is 13.8. The molecule has 0 aliphatic heterocycles. The number of hydrogen-bond donors (Lipinski definition) is 4. The van der Waals surface area contributed by atoms with E-state index in [4.69, 9.17) is 4.74 Å². The largest absolute Gasteiger partial charge is 0.480 e. The molecule has 1 aromatic heterocycles. The van der Waals surface area contributed by atoms with E-state index in [-0.39, 0.29) is 16.4 Å². The lowest BCUT2D eigenvalue weighted by Gasteiger charge is -2.14. The maximum absolute atomic E-state index is 12.3. The third-order valence-corrected chi connectivity index (χ3v) is 5.88. The van der Waals surface area contributed by atoms with Crippen LogP contribution in [0, 0.1) is 0 Å². The van der Waals surface area contributed by atoms with Crippen molar-refractivity contribution in [1.82, 2.24) is 10.3 Å². The van der Waals surface area contributed by atoms with Gasteiger partial charge in [-0.3, -0.25) is 14.3 Å². The topological polar surface area (TPSA) is 147 Å². The van der Waals surface area contributed by atoms with E-state index in [0.717, 1.165) is 11.3 Å². The van der Waals surface area contributed by atoms with Crippen LogP contribution in [0.15, 0.2) is 40.7 Å². The van der Waals surface area contributed by atoms with E-state index in [0.29, 0.717) is 25.3 Å². The Morgan fingerprint density at radius 2 is 2.00 bits per heavy atom. The molecule has 1 unspecified atom stereocenters. The highest BCUT2D eigenvalue weighted by Crippen LogP contribution is 2.19. The summed E-state index contributed by atoms with van der Waals surface area (Å²) in [5.41, 5.74) is 0.353. The number of aliphatic carboxylic acids is 1. The summed E-state index contributed by atoms with van der Waals surface area (Å²) in [6, 6.07) is 4.49. The summed E-state index contributed by atoms with van der Waals surface area (Å²) in [5.74, 6) is -1.64. The standard InChI is InChI=1S/C17H22N4O6S2/c1-27-9-2-7-18-14(16(23)24)11-15(22)20-12-3-5-13(6-4-12)29(25,26)21-17-19-8-10-28-17/h3-6,8,10,14,18H,2,7,9,11H2,1H3,(H,19,21)(H,20,22)(H,23,24). The number of hydrogen-bond acceptors (Lipinski definition) is 8. The van der Waals surface area contributed by atoms with Crippen molar-refractivity contribution in [2.45, 2.75) is 23.8 Å². The van der Waals surface area contributed by atoms with E-state index in [9.17, 15) is 23.1 Å². The Labute approximate surface area is 172 Å². The number of methoxy groups -OCH3 is 1. The van der Waals surface area contributed by atoms with Crippen molar-refractivity contribution in [1.29, 1.82) is 0 Å². The van der Waals surface area contributed by atoms with Crippen molar-refractivity contribution in [2.75, 3.05) is 30.3 Å². The van der Waals surface area contributed by atoms with Crippen LogP contribution in [-0.4, -0.2) is 56.7 Å². The monoisotopic (exact) mass is 442 g/mol. The average molecular weight is 443 g/mol. The zero-order valence-electron chi connectivity index (χ0n) is 15.6. The molecule has 0 aliphatic carbocycles. The number of carbonyl (C=O) groups excluding carboxylic acids is 1. The molecule has 10 nitrogen and oxygen atoms in total. The third kappa shape index (κ3) is 7.42. The Bertz CT molecular complexity index is 901. The van der Waals surface area contributed by atoms with Crippen LogP contribution < -0.4 is 15.4 Å². The fraction of sp³-hybridized carbons (Fsp3) is 0.353. The zero-order valence-corrected chi connectivity index (χ0v) is 17.3. The van der Waals surface area contributed by atoms with Gasteiger partial charge in [0.25, 0.3) is 10.0 Å². The van der Waals surface area contributed by atoms with Gasteiger partial charge in [-0.25, -0.2) is 13.4 Å². The highest BCUT2D eigenvalue weighted by Gasteiger charge is 2.21. The minimum atomic E-state index is -3.79. The van der Waals surface area contributed by atoms with E-state index in [2.05, 4.69) is 20.3 Å². The molecule has 0 radical (unpaired) electrons. The lowest BCUT2D eigenvalue weighted by Crippen LogP contribution is -2.40. The van der Waals surface area contributed by atoms with Crippen molar-refractivity contribution in [3.8, 4) is 0 Å². The van der Waals surface area contributed by atoms with E-state index < -0.39 is 27.9 Å². The molecule has 0 bridgehead atoms. The first kappa shape index (κ1) is 22.7. The lowest BCUT2D eigenvalue weighted by molar-refractivity contribution is -0.141. The number of anilines is 2. The highest BCUT2D eigenvalue weighted by atomic mass is 32.2. The van der Waals surface area contributed by atoms with Gasteiger partial charge in [0.15, 0.2) is 5.13 Å². The summed E-state index contributed by atoms with van der Waals surface area (Å²) >= 11 is 1.15. The molecule has 158 valence electrons. The molecular weight excluding hydrogens is 420 g/mol. The smallest absolute Gasteiger partial charge is 0.321 e. The Kier molecular flexibility index (Phi) is 8.51. The Morgan fingerprint density at radius 1 is 1.28 bits per heavy atom. The number of amides is 1. The summed E-state index contributed by atoms with van der Waals surface area (Å²) in [5, 5.41) is 16.5. The molecule has 1 aromatic carbocycles. The van der Waals surface area contributed by atoms with Gasteiger partial charge in [-0.2, -0.15) is 0 Å². The van der Waals surface area contributed by atoms with Gasteiger partial charge in [0.1, 0.15) is 6.04 Å². The maximum atomic E-state index is 12.3. The molecule has 0 spiro atoms. The molecule has 0 fully saturated rings. The van der Waals surface area contributed by atoms with Crippen LogP contribution in [-0.2, 0) is 24.3 Å². The van der Waals surface area contributed by atoms with Gasteiger partial charge in [0, 0.05) is 31.0 Å². The Morgan fingerprint density at radius 3 is 2.59 bits per heavy atom. The summed E-state index contributed by atoms with van der Waals surface area (Å²) in [6.07, 6.45) is 1.83. The van der Waals surface area contributed by atoms with E-state index in [1.165, 1.54) is 30.5 Å². The number of nitrogens with zero attached hydrogens (tertiary/aromatic N) is 1. The number of rotatable bonds is 12. The first-order valence-electron chi connectivity index (χ1n) is 8.59. The number of thiazole rings is 1. The predicted molar refractivity (Wildman–Crippen MR) is 109 cm³/mol. The number of carboxylic acids is 1. The van der Waals surface area contributed by atoms with Gasteiger partial charge < -0.3 is 20.5 Å². The minimum absolute atomic E-state index is 0.00826. The van der Waals surface area contributed by atoms with Gasteiger partial charge in [-0.1, -0.05) is 0 Å². The summed E-state index contributed by atoms with van der Waals surface area (Å²) in [7, 11) is -2.24. The number of carboxylic acid groups (broad SMARTS) is 1. The van der Waals surface area contributed by atoms with Crippen LogP contribution in [0.2, 0.25) is 0 Å². The average Bonchev–Trinajstić information content (AvgIpc) is 3.16. The quantitative estimate of drug-likeness (QED) is 0.360. The second-order valence-corrected chi connectivity index (χ2v) is 8.49. The SMILES string of the molecule is COCCCNC(CC(=O)Nc1ccc(S(=O)(=O)Nc2nccs2)cc1)C(=O)O. The van der Waals surface area contributed by atoms with E-state index in [1.54, 1.807) is 12.5 Å². The normalized spacial score (nSPS) is 12.3. The molecule has 1 amide bonds. The number of nitrogens with one attached hydrogen (secondary N) is 3. The van der Waals surface area contributed by atoms with E-state index in [1.807, 2.05) is 0 Å². The van der Waals surface area contributed by atoms with Gasteiger partial charge >= 0.3 is 5.97 Å². The molecule has 0 aliphatic rings. The zero-order chi connectivity index (χ0) is 21.3. The lowest BCUT2D eigenvalue weighted by atomic mass is 10.2. The van der Waals surface area contributed by atoms with Crippen LogP contribution in [0.1, 0.15) is 12.8 Å². The van der Waals surface area contributed by atoms with Crippen LogP contribution >= 0.6 is 11.3 Å². The molecule has 1 atom stereocenters. The minimum Gasteiger partial charge on any atom is -0.480 e. The molecule has 0 saturated carbocycles. The molecule has 1 heterocycles. The molecule has 0 saturated heterocycles. The van der Waals surface area contributed by atoms with Gasteiger partial charge in [-0.05, 0) is 37.2 Å². The molecule has 2 aromatic rings. The van der Waals surface area contributed by atoms with Crippen LogP contribution in [0.3, 0.4) is 0 Å². The summed E-state index contributed by atoms with van der Waals surface area (Å²) in [6.45, 7) is 0.884. The molecule has 2 rings (SSSR count). The van der Waals surface area contributed by atoms with Crippen LogP contribution in [0.4, 0.5) is 10.8 Å². The number of ether oxygens (including phenoxy) is 1. The number of sulfonamides is 1. The highest BCUT2D eigenvalue weighted by molar-refractivity contribution is 7.93. The molecule has 29 heavy (non-hydrogen) atoms. The summed E-state index contributed by atoms with van der Waals surface area (Å²) in [4.78, 5) is 27.3.